The minimum Gasteiger partial charge on any atom is -0.293 e. The molecule has 2 aromatic heterocycles. The molecule has 0 saturated heterocycles. The van der Waals surface area contributed by atoms with Crippen molar-refractivity contribution in [3.8, 4) is 0 Å². The topological polar surface area (TPSA) is 93.0 Å². The summed E-state index contributed by atoms with van der Waals surface area (Å²) in [6, 6.07) is 18.7. The molecule has 0 unspecified atom stereocenters. The highest BCUT2D eigenvalue weighted by atomic mass is 32.2. The Balaban J connectivity index is 1.58. The van der Waals surface area contributed by atoms with E-state index in [0.29, 0.717) is 22.8 Å². The zero-order valence-electron chi connectivity index (χ0n) is 14.2. The molecule has 7 nitrogen and oxygen atoms in total. The molecule has 134 valence electrons. The number of hydrogen-bond donors (Lipinski definition) is 1. The molecule has 4 rings (SSSR count). The summed E-state index contributed by atoms with van der Waals surface area (Å²) in [7, 11) is 0. The third kappa shape index (κ3) is 3.80. The lowest BCUT2D eigenvalue weighted by molar-refractivity contribution is 0.102. The molecule has 0 radical (unpaired) electrons. The summed E-state index contributed by atoms with van der Waals surface area (Å²) in [6.07, 6.45) is 0.400. The molecule has 27 heavy (non-hydrogen) atoms. The number of aromatic nitrogens is 5. The Kier molecular flexibility index (Phi) is 4.80. The number of aromatic amines is 1. The fraction of sp³-hybridized carbons (Fsp3) is 0.105. The largest absolute Gasteiger partial charge is 0.293 e. The minimum atomic E-state index is -0.296. The van der Waals surface area contributed by atoms with Crippen LogP contribution in [0.2, 0.25) is 0 Å². The van der Waals surface area contributed by atoms with Gasteiger partial charge in [-0.25, -0.2) is 0 Å². The molecule has 0 bridgehead atoms. The number of fused-ring (bicyclic) bond motifs is 1. The third-order valence-electron chi connectivity index (χ3n) is 3.96. The Bertz CT molecular complexity index is 1140. The first kappa shape index (κ1) is 17.2. The van der Waals surface area contributed by atoms with Gasteiger partial charge in [0.1, 0.15) is 5.69 Å². The van der Waals surface area contributed by atoms with Gasteiger partial charge in [-0.15, -0.1) is 10.2 Å². The molecule has 0 amide bonds. The van der Waals surface area contributed by atoms with E-state index in [4.69, 9.17) is 0 Å². The van der Waals surface area contributed by atoms with Gasteiger partial charge in [-0.2, -0.15) is 9.61 Å². The number of benzene rings is 2. The molecule has 2 aromatic carbocycles. The Hall–Kier alpha value is -3.26. The van der Waals surface area contributed by atoms with Gasteiger partial charge in [0.25, 0.3) is 11.3 Å². The fourth-order valence-corrected chi connectivity index (χ4v) is 3.38. The van der Waals surface area contributed by atoms with Gasteiger partial charge >= 0.3 is 0 Å². The molecular weight excluding hydrogens is 362 g/mol. The van der Waals surface area contributed by atoms with Gasteiger partial charge in [0.2, 0.25) is 5.16 Å². The molecule has 0 aliphatic heterocycles. The number of ketones is 1. The maximum Gasteiger partial charge on any atom is 0.274 e. The van der Waals surface area contributed by atoms with Crippen LogP contribution < -0.4 is 5.56 Å². The normalized spacial score (nSPS) is 11.0. The Labute approximate surface area is 158 Å². The number of carbonyl (C=O) groups is 1. The van der Waals surface area contributed by atoms with Crippen molar-refractivity contribution in [3.63, 3.8) is 0 Å². The van der Waals surface area contributed by atoms with Gasteiger partial charge < -0.3 is 0 Å². The molecule has 0 fully saturated rings. The van der Waals surface area contributed by atoms with Gasteiger partial charge in [0.15, 0.2) is 5.78 Å². The standard InChI is InChI=1S/C19H15N5O2S/c25-16(14-9-5-2-6-10-14)12-27-19-22-21-18-20-17(26)15(23-24(18)19)11-13-7-3-1-4-8-13/h1-10H,11-12H2,(H,20,21,26). The predicted molar refractivity (Wildman–Crippen MR) is 102 cm³/mol. The Morgan fingerprint density at radius 3 is 2.44 bits per heavy atom. The molecule has 0 atom stereocenters. The SMILES string of the molecule is O=C(CSc1nnc2[nH]c(=O)c(Cc3ccccc3)nn12)c1ccccc1. The summed E-state index contributed by atoms with van der Waals surface area (Å²) in [5.74, 6) is 0.456. The minimum absolute atomic E-state index is 0.00807. The molecule has 0 aliphatic carbocycles. The molecule has 0 aliphatic rings. The maximum absolute atomic E-state index is 12.3. The number of hydrogen-bond acceptors (Lipinski definition) is 6. The molecular formula is C19H15N5O2S. The predicted octanol–water partition coefficient (Wildman–Crippen LogP) is 2.38. The highest BCUT2D eigenvalue weighted by Crippen LogP contribution is 2.17. The zero-order chi connectivity index (χ0) is 18.6. The first-order chi connectivity index (χ1) is 13.2. The Morgan fingerprint density at radius 2 is 1.70 bits per heavy atom. The number of H-pyrrole nitrogens is 1. The number of carbonyl (C=O) groups excluding carboxylic acids is 1. The molecule has 0 saturated carbocycles. The lowest BCUT2D eigenvalue weighted by atomic mass is 10.1. The molecule has 0 spiro atoms. The first-order valence-corrected chi connectivity index (χ1v) is 9.29. The summed E-state index contributed by atoms with van der Waals surface area (Å²) in [6.45, 7) is 0. The first-order valence-electron chi connectivity index (χ1n) is 8.30. The summed E-state index contributed by atoms with van der Waals surface area (Å²) in [5, 5.41) is 12.8. The van der Waals surface area contributed by atoms with E-state index in [-0.39, 0.29) is 22.9 Å². The van der Waals surface area contributed by atoms with Gasteiger partial charge in [0.05, 0.1) is 5.75 Å². The van der Waals surface area contributed by atoms with E-state index in [1.165, 1.54) is 16.3 Å². The van der Waals surface area contributed by atoms with Crippen LogP contribution in [0.3, 0.4) is 0 Å². The molecule has 1 N–H and O–H groups in total. The lowest BCUT2D eigenvalue weighted by Gasteiger charge is -2.03. The summed E-state index contributed by atoms with van der Waals surface area (Å²) >= 11 is 1.24. The van der Waals surface area contributed by atoms with Crippen LogP contribution in [0.15, 0.2) is 70.6 Å². The fourth-order valence-electron chi connectivity index (χ4n) is 2.61. The zero-order valence-corrected chi connectivity index (χ0v) is 15.0. The van der Waals surface area contributed by atoms with Crippen LogP contribution in [0, 0.1) is 0 Å². The second-order valence-electron chi connectivity index (χ2n) is 5.86. The smallest absolute Gasteiger partial charge is 0.274 e. The van der Waals surface area contributed by atoms with E-state index in [1.54, 1.807) is 12.1 Å². The monoisotopic (exact) mass is 377 g/mol. The third-order valence-corrected chi connectivity index (χ3v) is 4.88. The quantitative estimate of drug-likeness (QED) is 0.410. The average molecular weight is 377 g/mol. The molecule has 4 aromatic rings. The van der Waals surface area contributed by atoms with Crippen molar-refractivity contribution in [2.75, 3.05) is 5.75 Å². The van der Waals surface area contributed by atoms with Crippen molar-refractivity contribution in [3.05, 3.63) is 87.8 Å². The second-order valence-corrected chi connectivity index (χ2v) is 6.80. The van der Waals surface area contributed by atoms with Crippen molar-refractivity contribution < 1.29 is 4.79 Å². The second kappa shape index (κ2) is 7.55. The van der Waals surface area contributed by atoms with Crippen molar-refractivity contribution in [1.29, 1.82) is 0 Å². The van der Waals surface area contributed by atoms with Crippen molar-refractivity contribution in [1.82, 2.24) is 24.8 Å². The molecule has 8 heteroatoms. The van der Waals surface area contributed by atoms with Gasteiger partial charge in [-0.1, -0.05) is 72.4 Å². The maximum atomic E-state index is 12.3. The highest BCUT2D eigenvalue weighted by molar-refractivity contribution is 7.99. The van der Waals surface area contributed by atoms with E-state index in [2.05, 4.69) is 20.3 Å². The van der Waals surface area contributed by atoms with Crippen LogP contribution in [0.5, 0.6) is 0 Å². The lowest BCUT2D eigenvalue weighted by Crippen LogP contribution is -2.19. The van der Waals surface area contributed by atoms with E-state index in [0.717, 1.165) is 5.56 Å². The van der Waals surface area contributed by atoms with Crippen molar-refractivity contribution >= 4 is 23.3 Å². The van der Waals surface area contributed by atoms with Gasteiger partial charge in [0, 0.05) is 12.0 Å². The van der Waals surface area contributed by atoms with Crippen molar-refractivity contribution in [2.45, 2.75) is 11.6 Å². The van der Waals surface area contributed by atoms with E-state index in [1.807, 2.05) is 48.5 Å². The Morgan fingerprint density at radius 1 is 1.00 bits per heavy atom. The average Bonchev–Trinajstić information content (AvgIpc) is 3.09. The highest BCUT2D eigenvalue weighted by Gasteiger charge is 2.14. The van der Waals surface area contributed by atoms with Crippen molar-refractivity contribution in [2.24, 2.45) is 0 Å². The van der Waals surface area contributed by atoms with Gasteiger partial charge in [-0.3, -0.25) is 14.6 Å². The number of nitrogens with one attached hydrogen (secondary N) is 1. The molecule has 2 heterocycles. The van der Waals surface area contributed by atoms with Gasteiger partial charge in [-0.05, 0) is 5.56 Å². The number of thioether (sulfide) groups is 1. The number of nitrogens with zero attached hydrogens (tertiary/aromatic N) is 4. The van der Waals surface area contributed by atoms with Crippen LogP contribution in [0.4, 0.5) is 0 Å². The van der Waals surface area contributed by atoms with Crippen LogP contribution >= 0.6 is 11.8 Å². The summed E-state index contributed by atoms with van der Waals surface area (Å²) < 4.78 is 1.47. The van der Waals surface area contributed by atoms with Crippen LogP contribution in [-0.4, -0.2) is 36.3 Å². The van der Waals surface area contributed by atoms with E-state index >= 15 is 0 Å². The van der Waals surface area contributed by atoms with E-state index in [9.17, 15) is 9.59 Å². The number of Topliss-reactive ketones (excluding diaryl/α,β-unsaturated/α-hetero) is 1. The van der Waals surface area contributed by atoms with E-state index < -0.39 is 0 Å². The number of rotatable bonds is 6. The van der Waals surface area contributed by atoms with Crippen LogP contribution in [-0.2, 0) is 6.42 Å². The van der Waals surface area contributed by atoms with Crippen LogP contribution in [0.25, 0.3) is 5.78 Å². The van der Waals surface area contributed by atoms with Crippen LogP contribution in [0.1, 0.15) is 21.6 Å². The summed E-state index contributed by atoms with van der Waals surface area (Å²) in [5.41, 5.74) is 1.70. The summed E-state index contributed by atoms with van der Waals surface area (Å²) in [4.78, 5) is 27.2.